The summed E-state index contributed by atoms with van der Waals surface area (Å²) in [7, 11) is 1.66. The van der Waals surface area contributed by atoms with E-state index in [2.05, 4.69) is 10.2 Å². The maximum absolute atomic E-state index is 5.22. The van der Waals surface area contributed by atoms with Crippen molar-refractivity contribution in [2.45, 2.75) is 6.92 Å². The highest BCUT2D eigenvalue weighted by atomic mass is 16.5. The third-order valence-corrected chi connectivity index (χ3v) is 4.00. The molecule has 4 rings (SSSR count). The van der Waals surface area contributed by atoms with Gasteiger partial charge in [-0.1, -0.05) is 18.2 Å². The molecule has 0 radical (unpaired) electrons. The zero-order valence-electron chi connectivity index (χ0n) is 13.5. The molecular weight excluding hydrogens is 300 g/mol. The number of nitrogens with zero attached hydrogens (tertiary/aromatic N) is 4. The average molecular weight is 316 g/mol. The van der Waals surface area contributed by atoms with Gasteiger partial charge < -0.3 is 4.74 Å². The van der Waals surface area contributed by atoms with Gasteiger partial charge in [0, 0.05) is 11.8 Å². The molecule has 24 heavy (non-hydrogen) atoms. The third-order valence-electron chi connectivity index (χ3n) is 4.00. The molecule has 2 heterocycles. The van der Waals surface area contributed by atoms with Gasteiger partial charge in [-0.25, -0.2) is 4.68 Å². The summed E-state index contributed by atoms with van der Waals surface area (Å²) in [5, 5.41) is 14.3. The number of hydrogen-bond donors (Lipinski definition) is 0. The SMILES string of the molecule is COc1ccc(-c2nnc(C)c3nn(-c4ccccc4)cc23)cc1. The molecule has 2 aromatic heterocycles. The fraction of sp³-hybridized carbons (Fsp3) is 0.105. The fourth-order valence-corrected chi connectivity index (χ4v) is 2.72. The van der Waals surface area contributed by atoms with Gasteiger partial charge in [-0.05, 0) is 43.3 Å². The van der Waals surface area contributed by atoms with E-state index in [0.29, 0.717) is 0 Å². The predicted molar refractivity (Wildman–Crippen MR) is 93.4 cm³/mol. The van der Waals surface area contributed by atoms with Gasteiger partial charge in [0.15, 0.2) is 0 Å². The zero-order valence-corrected chi connectivity index (χ0v) is 13.5. The van der Waals surface area contributed by atoms with E-state index in [-0.39, 0.29) is 0 Å². The minimum atomic E-state index is 0.815. The van der Waals surface area contributed by atoms with E-state index in [9.17, 15) is 0 Å². The summed E-state index contributed by atoms with van der Waals surface area (Å²) in [5.74, 6) is 0.815. The molecule has 5 nitrogen and oxygen atoms in total. The van der Waals surface area contributed by atoms with E-state index in [1.807, 2.05) is 72.4 Å². The minimum absolute atomic E-state index is 0.815. The Balaban J connectivity index is 1.90. The molecule has 0 amide bonds. The fourth-order valence-electron chi connectivity index (χ4n) is 2.72. The Morgan fingerprint density at radius 3 is 2.38 bits per heavy atom. The molecule has 4 aromatic rings. The van der Waals surface area contributed by atoms with Gasteiger partial charge in [0.1, 0.15) is 17.0 Å². The lowest BCUT2D eigenvalue weighted by Crippen LogP contribution is -1.94. The van der Waals surface area contributed by atoms with Crippen LogP contribution in [0.1, 0.15) is 5.69 Å². The van der Waals surface area contributed by atoms with E-state index >= 15 is 0 Å². The van der Waals surface area contributed by atoms with Gasteiger partial charge in [-0.3, -0.25) is 0 Å². The van der Waals surface area contributed by atoms with Crippen LogP contribution in [0.25, 0.3) is 27.8 Å². The van der Waals surface area contributed by atoms with Crippen molar-refractivity contribution in [1.82, 2.24) is 20.0 Å². The first kappa shape index (κ1) is 14.4. The van der Waals surface area contributed by atoms with Crippen molar-refractivity contribution in [2.75, 3.05) is 7.11 Å². The number of fused-ring (bicyclic) bond motifs is 1. The van der Waals surface area contributed by atoms with Crippen LogP contribution in [-0.4, -0.2) is 27.1 Å². The lowest BCUT2D eigenvalue weighted by atomic mass is 10.1. The van der Waals surface area contributed by atoms with Crippen molar-refractivity contribution in [3.8, 4) is 22.7 Å². The van der Waals surface area contributed by atoms with Gasteiger partial charge in [-0.2, -0.15) is 10.2 Å². The number of aromatic nitrogens is 4. The largest absolute Gasteiger partial charge is 0.497 e. The average Bonchev–Trinajstić information content (AvgIpc) is 3.09. The summed E-state index contributed by atoms with van der Waals surface area (Å²) < 4.78 is 7.09. The molecule has 0 aliphatic carbocycles. The summed E-state index contributed by atoms with van der Waals surface area (Å²) >= 11 is 0. The van der Waals surface area contributed by atoms with Crippen molar-refractivity contribution >= 4 is 10.9 Å². The zero-order chi connectivity index (χ0) is 16.5. The number of hydrogen-bond acceptors (Lipinski definition) is 4. The third kappa shape index (κ3) is 2.40. The molecule has 5 heteroatoms. The lowest BCUT2D eigenvalue weighted by Gasteiger charge is -2.04. The molecule has 0 N–H and O–H groups in total. The summed E-state index contributed by atoms with van der Waals surface area (Å²) in [6, 6.07) is 17.8. The highest BCUT2D eigenvalue weighted by Crippen LogP contribution is 2.28. The number of methoxy groups -OCH3 is 1. The van der Waals surface area contributed by atoms with E-state index in [0.717, 1.165) is 39.3 Å². The molecule has 0 fully saturated rings. The number of aryl methyl sites for hydroxylation is 1. The van der Waals surface area contributed by atoms with Gasteiger partial charge >= 0.3 is 0 Å². The Hall–Kier alpha value is -3.21. The quantitative estimate of drug-likeness (QED) is 0.577. The first-order valence-corrected chi connectivity index (χ1v) is 7.69. The first-order chi connectivity index (χ1) is 11.8. The number of rotatable bonds is 3. The maximum Gasteiger partial charge on any atom is 0.118 e. The van der Waals surface area contributed by atoms with Crippen LogP contribution in [0.5, 0.6) is 5.75 Å². The smallest absolute Gasteiger partial charge is 0.118 e. The topological polar surface area (TPSA) is 52.8 Å². The predicted octanol–water partition coefficient (Wildman–Crippen LogP) is 3.80. The van der Waals surface area contributed by atoms with Crippen molar-refractivity contribution in [1.29, 1.82) is 0 Å². The Labute approximate surface area is 139 Å². The van der Waals surface area contributed by atoms with Gasteiger partial charge in [0.05, 0.1) is 23.9 Å². The maximum atomic E-state index is 5.22. The molecule has 0 saturated heterocycles. The number of benzene rings is 2. The van der Waals surface area contributed by atoms with Crippen LogP contribution in [0, 0.1) is 6.92 Å². The minimum Gasteiger partial charge on any atom is -0.497 e. The first-order valence-electron chi connectivity index (χ1n) is 7.69. The highest BCUT2D eigenvalue weighted by Gasteiger charge is 2.13. The number of para-hydroxylation sites is 1. The van der Waals surface area contributed by atoms with Gasteiger partial charge in [-0.15, -0.1) is 5.10 Å². The van der Waals surface area contributed by atoms with Crippen molar-refractivity contribution in [3.63, 3.8) is 0 Å². The van der Waals surface area contributed by atoms with Crippen LogP contribution in [0.4, 0.5) is 0 Å². The van der Waals surface area contributed by atoms with E-state index in [1.165, 1.54) is 0 Å². The standard InChI is InChI=1S/C19H16N4O/c1-13-18-17(12-23(22-18)15-6-4-3-5-7-15)19(21-20-13)14-8-10-16(24-2)11-9-14/h3-12H,1-2H3. The molecule has 118 valence electrons. The van der Waals surface area contributed by atoms with Crippen LogP contribution in [0.3, 0.4) is 0 Å². The second-order valence-corrected chi connectivity index (χ2v) is 5.53. The summed E-state index contributed by atoms with van der Waals surface area (Å²) in [4.78, 5) is 0. The molecule has 0 bridgehead atoms. The summed E-state index contributed by atoms with van der Waals surface area (Å²) in [6.45, 7) is 1.93. The van der Waals surface area contributed by atoms with Crippen LogP contribution >= 0.6 is 0 Å². The van der Waals surface area contributed by atoms with Crippen LogP contribution in [0.15, 0.2) is 60.8 Å². The molecule has 2 aromatic carbocycles. The van der Waals surface area contributed by atoms with E-state index in [4.69, 9.17) is 9.84 Å². The van der Waals surface area contributed by atoms with Crippen LogP contribution in [-0.2, 0) is 0 Å². The molecule has 0 atom stereocenters. The van der Waals surface area contributed by atoms with E-state index in [1.54, 1.807) is 7.11 Å². The van der Waals surface area contributed by atoms with E-state index < -0.39 is 0 Å². The summed E-state index contributed by atoms with van der Waals surface area (Å²) in [6.07, 6.45) is 2.01. The molecule has 0 aliphatic rings. The van der Waals surface area contributed by atoms with Crippen molar-refractivity contribution < 1.29 is 4.74 Å². The monoisotopic (exact) mass is 316 g/mol. The Morgan fingerprint density at radius 2 is 1.67 bits per heavy atom. The Morgan fingerprint density at radius 1 is 0.917 bits per heavy atom. The molecule has 0 spiro atoms. The van der Waals surface area contributed by atoms with Crippen molar-refractivity contribution in [2.24, 2.45) is 0 Å². The Kier molecular flexibility index (Phi) is 3.46. The summed E-state index contributed by atoms with van der Waals surface area (Å²) in [5.41, 5.74) is 4.49. The highest BCUT2D eigenvalue weighted by molar-refractivity contribution is 5.93. The van der Waals surface area contributed by atoms with Crippen LogP contribution in [0.2, 0.25) is 0 Å². The normalized spacial score (nSPS) is 10.9. The Bertz CT molecular complexity index is 991. The van der Waals surface area contributed by atoms with Crippen LogP contribution < -0.4 is 4.74 Å². The number of ether oxygens (including phenoxy) is 1. The van der Waals surface area contributed by atoms with Gasteiger partial charge in [0.25, 0.3) is 0 Å². The molecule has 0 saturated carbocycles. The van der Waals surface area contributed by atoms with Crippen molar-refractivity contribution in [3.05, 3.63) is 66.5 Å². The molecule has 0 aliphatic heterocycles. The second kappa shape index (κ2) is 5.77. The van der Waals surface area contributed by atoms with Gasteiger partial charge in [0.2, 0.25) is 0 Å². The lowest BCUT2D eigenvalue weighted by molar-refractivity contribution is 0.415. The second-order valence-electron chi connectivity index (χ2n) is 5.53. The molecule has 0 unspecified atom stereocenters. The molecular formula is C19H16N4O.